The van der Waals surface area contributed by atoms with Crippen molar-refractivity contribution in [3.05, 3.63) is 102 Å². The molecule has 0 fully saturated rings. The van der Waals surface area contributed by atoms with Crippen LogP contribution in [0.25, 0.3) is 39.2 Å². The molecule has 156 valence electrons. The number of pyridine rings is 1. The standard InChI is InChI=1S/C29H26N3/c1-19-17-24-23(21-13-10-16-30-27(21)29(24,2)3)18-22(19)28-31(4)25-14-8-9-15-26(25)32(28)20-11-6-5-7-12-20/h5-18H,1-4H3/q+1. The number of benzene rings is 3. The molecule has 0 spiro atoms. The van der Waals surface area contributed by atoms with Crippen LogP contribution in [0.4, 0.5) is 0 Å². The van der Waals surface area contributed by atoms with Crippen molar-refractivity contribution in [2.45, 2.75) is 26.2 Å². The summed E-state index contributed by atoms with van der Waals surface area (Å²) in [6.45, 7) is 6.80. The van der Waals surface area contributed by atoms with Gasteiger partial charge in [-0.3, -0.25) is 4.98 Å². The van der Waals surface area contributed by atoms with E-state index in [0.717, 1.165) is 0 Å². The molecule has 0 atom stereocenters. The molecule has 3 heteroatoms. The molecule has 32 heavy (non-hydrogen) atoms. The number of imidazole rings is 1. The number of aryl methyl sites for hydroxylation is 2. The zero-order chi connectivity index (χ0) is 22.0. The minimum atomic E-state index is -0.0937. The fourth-order valence-corrected chi connectivity index (χ4v) is 5.39. The highest BCUT2D eigenvalue weighted by molar-refractivity contribution is 5.85. The Kier molecular flexibility index (Phi) is 3.94. The first kappa shape index (κ1) is 19.0. The lowest BCUT2D eigenvalue weighted by atomic mass is 9.84. The van der Waals surface area contributed by atoms with Gasteiger partial charge in [0.25, 0.3) is 5.82 Å². The second-order valence-electron chi connectivity index (χ2n) is 9.28. The van der Waals surface area contributed by atoms with Gasteiger partial charge in [-0.1, -0.05) is 56.3 Å². The van der Waals surface area contributed by atoms with Gasteiger partial charge in [-0.2, -0.15) is 4.57 Å². The van der Waals surface area contributed by atoms with Crippen LogP contribution in [0.5, 0.6) is 0 Å². The number of fused-ring (bicyclic) bond motifs is 4. The molecule has 1 aliphatic rings. The molecule has 0 bridgehead atoms. The lowest BCUT2D eigenvalue weighted by molar-refractivity contribution is -0.633. The average Bonchev–Trinajstić information content (AvgIpc) is 3.23. The summed E-state index contributed by atoms with van der Waals surface area (Å²) in [7, 11) is 2.17. The Morgan fingerprint density at radius 3 is 2.38 bits per heavy atom. The fraction of sp³-hybridized carbons (Fsp3) is 0.172. The summed E-state index contributed by atoms with van der Waals surface area (Å²) in [5, 5.41) is 0. The minimum absolute atomic E-state index is 0.0937. The van der Waals surface area contributed by atoms with Crippen LogP contribution in [-0.4, -0.2) is 9.55 Å². The number of rotatable bonds is 2. The molecule has 2 heterocycles. The number of aromatic nitrogens is 3. The van der Waals surface area contributed by atoms with E-state index in [4.69, 9.17) is 4.98 Å². The van der Waals surface area contributed by atoms with Crippen LogP contribution in [0.2, 0.25) is 0 Å². The molecule has 0 saturated heterocycles. The Hall–Kier alpha value is -3.72. The molecule has 0 amide bonds. The van der Waals surface area contributed by atoms with E-state index in [1.807, 2.05) is 12.3 Å². The second-order valence-corrected chi connectivity index (χ2v) is 9.28. The third kappa shape index (κ3) is 2.48. The van der Waals surface area contributed by atoms with Crippen LogP contribution in [0, 0.1) is 6.92 Å². The van der Waals surface area contributed by atoms with Gasteiger partial charge in [0, 0.05) is 17.2 Å². The van der Waals surface area contributed by atoms with Crippen LogP contribution in [-0.2, 0) is 12.5 Å². The summed E-state index contributed by atoms with van der Waals surface area (Å²) in [4.78, 5) is 4.77. The first-order valence-corrected chi connectivity index (χ1v) is 11.1. The molecule has 0 saturated carbocycles. The highest BCUT2D eigenvalue weighted by Gasteiger charge is 2.38. The fourth-order valence-electron chi connectivity index (χ4n) is 5.39. The lowest BCUT2D eigenvalue weighted by Crippen LogP contribution is -2.30. The largest absolute Gasteiger partial charge is 0.295 e. The van der Waals surface area contributed by atoms with Crippen molar-refractivity contribution in [3.63, 3.8) is 0 Å². The maximum atomic E-state index is 4.77. The Morgan fingerprint density at radius 2 is 1.56 bits per heavy atom. The predicted molar refractivity (Wildman–Crippen MR) is 130 cm³/mol. The smallest absolute Gasteiger partial charge is 0.260 e. The molecular weight excluding hydrogens is 390 g/mol. The van der Waals surface area contributed by atoms with Crippen LogP contribution in [0.1, 0.15) is 30.7 Å². The van der Waals surface area contributed by atoms with Crippen LogP contribution >= 0.6 is 0 Å². The van der Waals surface area contributed by atoms with Gasteiger partial charge in [-0.05, 0) is 60.0 Å². The molecule has 1 aliphatic carbocycles. The van der Waals surface area contributed by atoms with Crippen molar-refractivity contribution < 1.29 is 4.57 Å². The summed E-state index contributed by atoms with van der Waals surface area (Å²) in [6.07, 6.45) is 1.91. The van der Waals surface area contributed by atoms with E-state index >= 15 is 0 Å². The van der Waals surface area contributed by atoms with Crippen LogP contribution in [0.3, 0.4) is 0 Å². The molecule has 6 rings (SSSR count). The zero-order valence-electron chi connectivity index (χ0n) is 18.9. The summed E-state index contributed by atoms with van der Waals surface area (Å²) in [6, 6.07) is 28.3. The van der Waals surface area contributed by atoms with Gasteiger partial charge in [0.05, 0.1) is 18.3 Å². The van der Waals surface area contributed by atoms with Crippen LogP contribution in [0.15, 0.2) is 85.1 Å². The third-order valence-electron chi connectivity index (χ3n) is 7.00. The number of hydrogen-bond acceptors (Lipinski definition) is 1. The minimum Gasteiger partial charge on any atom is -0.260 e. The van der Waals surface area contributed by atoms with Crippen molar-refractivity contribution in [3.8, 4) is 28.2 Å². The molecule has 5 aromatic rings. The highest BCUT2D eigenvalue weighted by atomic mass is 15.2. The maximum Gasteiger partial charge on any atom is 0.295 e. The van der Waals surface area contributed by atoms with Gasteiger partial charge < -0.3 is 0 Å². The average molecular weight is 417 g/mol. The maximum absolute atomic E-state index is 4.77. The Balaban J connectivity index is 1.71. The summed E-state index contributed by atoms with van der Waals surface area (Å²) < 4.78 is 4.70. The topological polar surface area (TPSA) is 21.7 Å². The van der Waals surface area contributed by atoms with E-state index in [2.05, 4.69) is 110 Å². The predicted octanol–water partition coefficient (Wildman–Crippen LogP) is 6.13. The zero-order valence-corrected chi connectivity index (χ0v) is 18.9. The van der Waals surface area contributed by atoms with Gasteiger partial charge in [-0.15, -0.1) is 0 Å². The van der Waals surface area contributed by atoms with Gasteiger partial charge in [0.1, 0.15) is 5.69 Å². The first-order chi connectivity index (χ1) is 15.5. The molecule has 0 N–H and O–H groups in total. The lowest BCUT2D eigenvalue weighted by Gasteiger charge is -2.20. The van der Waals surface area contributed by atoms with Crippen molar-refractivity contribution in [2.75, 3.05) is 0 Å². The van der Waals surface area contributed by atoms with E-state index in [0.29, 0.717) is 0 Å². The summed E-state index contributed by atoms with van der Waals surface area (Å²) in [5.74, 6) is 1.19. The van der Waals surface area contributed by atoms with Crippen molar-refractivity contribution in [2.24, 2.45) is 7.05 Å². The number of nitrogens with zero attached hydrogens (tertiary/aromatic N) is 3. The SMILES string of the molecule is Cc1cc2c(cc1-c1n(-c3ccccc3)c3ccccc3[n+]1C)-c1cccnc1C2(C)C. The molecule has 0 unspecified atom stereocenters. The van der Waals surface area contributed by atoms with Crippen LogP contribution < -0.4 is 4.57 Å². The molecule has 0 aliphatic heterocycles. The molecule has 0 radical (unpaired) electrons. The van der Waals surface area contributed by atoms with Crippen molar-refractivity contribution in [1.82, 2.24) is 9.55 Å². The van der Waals surface area contributed by atoms with Crippen molar-refractivity contribution >= 4 is 11.0 Å². The number of hydrogen-bond donors (Lipinski definition) is 0. The van der Waals surface area contributed by atoms with Gasteiger partial charge in [0.2, 0.25) is 0 Å². The normalized spacial score (nSPS) is 13.9. The van der Waals surface area contributed by atoms with E-state index in [1.54, 1.807) is 0 Å². The molecule has 3 nitrogen and oxygen atoms in total. The van der Waals surface area contributed by atoms with Gasteiger partial charge >= 0.3 is 0 Å². The summed E-state index contributed by atoms with van der Waals surface area (Å²) >= 11 is 0. The number of para-hydroxylation sites is 3. The molecular formula is C29H26N3+. The monoisotopic (exact) mass is 416 g/mol. The Morgan fingerprint density at radius 1 is 0.812 bits per heavy atom. The first-order valence-electron chi connectivity index (χ1n) is 11.1. The third-order valence-corrected chi connectivity index (χ3v) is 7.00. The van der Waals surface area contributed by atoms with E-state index in [1.165, 1.54) is 56.1 Å². The molecule has 2 aromatic heterocycles. The van der Waals surface area contributed by atoms with E-state index < -0.39 is 0 Å². The summed E-state index contributed by atoms with van der Waals surface area (Å²) in [5.41, 5.74) is 11.1. The quantitative estimate of drug-likeness (QED) is 0.317. The highest BCUT2D eigenvalue weighted by Crippen LogP contribution is 2.49. The van der Waals surface area contributed by atoms with Gasteiger partial charge in [0.15, 0.2) is 11.0 Å². The van der Waals surface area contributed by atoms with Crippen molar-refractivity contribution in [1.29, 1.82) is 0 Å². The molecule has 3 aromatic carbocycles. The Bertz CT molecular complexity index is 1510. The second kappa shape index (κ2) is 6.64. The van der Waals surface area contributed by atoms with E-state index in [-0.39, 0.29) is 5.41 Å². The van der Waals surface area contributed by atoms with E-state index in [9.17, 15) is 0 Å². The van der Waals surface area contributed by atoms with Gasteiger partial charge in [-0.25, -0.2) is 4.57 Å². The Labute approximate surface area is 188 Å².